The Morgan fingerprint density at radius 2 is 1.76 bits per heavy atom. The molecule has 2 aromatic carbocycles. The number of nitrogens with zero attached hydrogens (tertiary/aromatic N) is 2. The minimum Gasteiger partial charge on any atom is -0.495 e. The zero-order chi connectivity index (χ0) is 20.1. The van der Waals surface area contributed by atoms with Crippen molar-refractivity contribution < 1.29 is 19.0 Å². The number of hydrogen-bond acceptors (Lipinski definition) is 5. The number of fused-ring (bicyclic) bond motifs is 1. The number of piperazine rings is 1. The number of para-hydroxylation sites is 2. The van der Waals surface area contributed by atoms with Gasteiger partial charge in [0.1, 0.15) is 5.75 Å². The molecule has 1 amide bonds. The van der Waals surface area contributed by atoms with Gasteiger partial charge in [-0.3, -0.25) is 4.79 Å². The van der Waals surface area contributed by atoms with Gasteiger partial charge in [0.15, 0.2) is 11.5 Å². The van der Waals surface area contributed by atoms with Crippen molar-refractivity contribution in [3.05, 3.63) is 54.1 Å². The van der Waals surface area contributed by atoms with Gasteiger partial charge in [-0.15, -0.1) is 0 Å². The van der Waals surface area contributed by atoms with Crippen LogP contribution >= 0.6 is 0 Å². The quantitative estimate of drug-likeness (QED) is 0.746. The molecule has 0 aliphatic carbocycles. The van der Waals surface area contributed by atoms with Crippen molar-refractivity contribution in [3.63, 3.8) is 0 Å². The summed E-state index contributed by atoms with van der Waals surface area (Å²) in [6.45, 7) is 4.25. The van der Waals surface area contributed by atoms with Crippen molar-refractivity contribution in [3.8, 4) is 17.2 Å². The SMILES string of the molecule is COc1ccccc1N1CCN(C(=O)/C=C/c2ccc3c(c2)OCCCO3)CC1. The molecule has 0 saturated carbocycles. The lowest BCUT2D eigenvalue weighted by Crippen LogP contribution is -2.48. The second kappa shape index (κ2) is 8.90. The predicted molar refractivity (Wildman–Crippen MR) is 113 cm³/mol. The number of carbonyl (C=O) groups excluding carboxylic acids is 1. The molecule has 2 aliphatic heterocycles. The normalized spacial score (nSPS) is 16.6. The summed E-state index contributed by atoms with van der Waals surface area (Å²) in [5.74, 6) is 2.39. The largest absolute Gasteiger partial charge is 0.495 e. The summed E-state index contributed by atoms with van der Waals surface area (Å²) in [7, 11) is 1.68. The Morgan fingerprint density at radius 3 is 2.55 bits per heavy atom. The third-order valence-corrected chi connectivity index (χ3v) is 5.21. The zero-order valence-electron chi connectivity index (χ0n) is 16.7. The van der Waals surface area contributed by atoms with Crippen LogP contribution in [0.2, 0.25) is 0 Å². The first-order valence-electron chi connectivity index (χ1n) is 9.99. The highest BCUT2D eigenvalue weighted by molar-refractivity contribution is 5.92. The number of carbonyl (C=O) groups is 1. The lowest BCUT2D eigenvalue weighted by molar-refractivity contribution is -0.126. The number of methoxy groups -OCH3 is 1. The minimum atomic E-state index is 0.0248. The van der Waals surface area contributed by atoms with Gasteiger partial charge in [0.05, 0.1) is 26.0 Å². The number of rotatable bonds is 4. The average molecular weight is 394 g/mol. The van der Waals surface area contributed by atoms with Crippen LogP contribution in [0.1, 0.15) is 12.0 Å². The molecule has 1 saturated heterocycles. The van der Waals surface area contributed by atoms with E-state index in [0.717, 1.165) is 48.0 Å². The van der Waals surface area contributed by atoms with E-state index in [1.807, 2.05) is 47.4 Å². The Bertz CT molecular complexity index is 888. The molecule has 6 nitrogen and oxygen atoms in total. The van der Waals surface area contributed by atoms with E-state index in [-0.39, 0.29) is 5.91 Å². The number of anilines is 1. The van der Waals surface area contributed by atoms with Crippen molar-refractivity contribution in [2.45, 2.75) is 6.42 Å². The van der Waals surface area contributed by atoms with Gasteiger partial charge >= 0.3 is 0 Å². The second-order valence-corrected chi connectivity index (χ2v) is 7.07. The van der Waals surface area contributed by atoms with Gasteiger partial charge in [0.2, 0.25) is 5.91 Å². The van der Waals surface area contributed by atoms with Crippen LogP contribution in [0.5, 0.6) is 17.2 Å². The summed E-state index contributed by atoms with van der Waals surface area (Å²) in [6.07, 6.45) is 4.35. The third kappa shape index (κ3) is 4.47. The fraction of sp³-hybridized carbons (Fsp3) is 0.348. The number of benzene rings is 2. The maximum absolute atomic E-state index is 12.6. The van der Waals surface area contributed by atoms with Crippen molar-refractivity contribution in [1.82, 2.24) is 4.90 Å². The van der Waals surface area contributed by atoms with Gasteiger partial charge in [-0.05, 0) is 35.9 Å². The van der Waals surface area contributed by atoms with Gasteiger partial charge in [-0.2, -0.15) is 0 Å². The first-order valence-corrected chi connectivity index (χ1v) is 9.99. The molecule has 0 radical (unpaired) electrons. The van der Waals surface area contributed by atoms with Gasteiger partial charge in [-0.1, -0.05) is 18.2 Å². The molecule has 1 fully saturated rings. The van der Waals surface area contributed by atoms with Gasteiger partial charge in [0.25, 0.3) is 0 Å². The first kappa shape index (κ1) is 19.2. The highest BCUT2D eigenvalue weighted by atomic mass is 16.5. The van der Waals surface area contributed by atoms with Gasteiger partial charge in [-0.25, -0.2) is 0 Å². The molecular formula is C23H26N2O4. The van der Waals surface area contributed by atoms with E-state index in [9.17, 15) is 4.79 Å². The Kier molecular flexibility index (Phi) is 5.89. The molecule has 4 rings (SSSR count). The molecule has 0 bridgehead atoms. The molecule has 29 heavy (non-hydrogen) atoms. The zero-order valence-corrected chi connectivity index (χ0v) is 16.7. The lowest BCUT2D eigenvalue weighted by atomic mass is 10.1. The van der Waals surface area contributed by atoms with E-state index in [2.05, 4.69) is 11.0 Å². The second-order valence-electron chi connectivity index (χ2n) is 7.07. The van der Waals surface area contributed by atoms with E-state index in [1.165, 1.54) is 0 Å². The molecule has 0 aromatic heterocycles. The topological polar surface area (TPSA) is 51.2 Å². The van der Waals surface area contributed by atoms with Gasteiger partial charge < -0.3 is 24.0 Å². The molecule has 6 heteroatoms. The smallest absolute Gasteiger partial charge is 0.246 e. The molecule has 152 valence electrons. The van der Waals surface area contributed by atoms with E-state index < -0.39 is 0 Å². The molecule has 2 heterocycles. The number of ether oxygens (including phenoxy) is 3. The Hall–Kier alpha value is -3.15. The Labute approximate surface area is 171 Å². The summed E-state index contributed by atoms with van der Waals surface area (Å²) in [5.41, 5.74) is 2.00. The standard InChI is InChI=1S/C23H26N2O4/c1-27-20-6-3-2-5-19(20)24-11-13-25(14-12-24)23(26)10-8-18-7-9-21-22(17-18)29-16-4-15-28-21/h2-3,5-10,17H,4,11-16H2,1H3/b10-8+. The van der Waals surface area contributed by atoms with Crippen molar-refractivity contribution in [1.29, 1.82) is 0 Å². The summed E-state index contributed by atoms with van der Waals surface area (Å²) in [6, 6.07) is 13.8. The van der Waals surface area contributed by atoms with Crippen LogP contribution in [0.4, 0.5) is 5.69 Å². The lowest BCUT2D eigenvalue weighted by Gasteiger charge is -2.36. The number of amides is 1. The molecule has 0 atom stereocenters. The van der Waals surface area contributed by atoms with E-state index in [4.69, 9.17) is 14.2 Å². The number of hydrogen-bond donors (Lipinski definition) is 0. The van der Waals surface area contributed by atoms with Crippen molar-refractivity contribution in [2.75, 3.05) is 51.4 Å². The molecule has 0 unspecified atom stereocenters. The van der Waals surface area contributed by atoms with Crippen molar-refractivity contribution >= 4 is 17.7 Å². The van der Waals surface area contributed by atoms with Crippen LogP contribution in [0.3, 0.4) is 0 Å². The highest BCUT2D eigenvalue weighted by Crippen LogP contribution is 2.31. The van der Waals surface area contributed by atoms with Gasteiger partial charge in [0, 0.05) is 38.7 Å². The summed E-state index contributed by atoms with van der Waals surface area (Å²) in [4.78, 5) is 16.8. The first-order chi connectivity index (χ1) is 14.2. The molecular weight excluding hydrogens is 368 g/mol. The summed E-state index contributed by atoms with van der Waals surface area (Å²) in [5, 5.41) is 0. The fourth-order valence-corrected chi connectivity index (χ4v) is 3.62. The van der Waals surface area contributed by atoms with Crippen LogP contribution < -0.4 is 19.1 Å². The van der Waals surface area contributed by atoms with Crippen LogP contribution in [-0.2, 0) is 4.79 Å². The maximum atomic E-state index is 12.6. The van der Waals surface area contributed by atoms with E-state index in [1.54, 1.807) is 13.2 Å². The highest BCUT2D eigenvalue weighted by Gasteiger charge is 2.21. The van der Waals surface area contributed by atoms with Crippen molar-refractivity contribution in [2.24, 2.45) is 0 Å². The fourth-order valence-electron chi connectivity index (χ4n) is 3.62. The molecule has 0 N–H and O–H groups in total. The average Bonchev–Trinajstić information content (AvgIpc) is 3.02. The van der Waals surface area contributed by atoms with Crippen LogP contribution in [-0.4, -0.2) is 57.3 Å². The monoisotopic (exact) mass is 394 g/mol. The predicted octanol–water partition coefficient (Wildman–Crippen LogP) is 3.22. The summed E-state index contributed by atoms with van der Waals surface area (Å²) >= 11 is 0. The van der Waals surface area contributed by atoms with Crippen LogP contribution in [0.25, 0.3) is 6.08 Å². The third-order valence-electron chi connectivity index (χ3n) is 5.21. The van der Waals surface area contributed by atoms with E-state index >= 15 is 0 Å². The Morgan fingerprint density at radius 1 is 1.00 bits per heavy atom. The summed E-state index contributed by atoms with van der Waals surface area (Å²) < 4.78 is 16.8. The Balaban J connectivity index is 1.36. The molecule has 0 spiro atoms. The van der Waals surface area contributed by atoms with E-state index in [0.29, 0.717) is 26.3 Å². The molecule has 2 aliphatic rings. The van der Waals surface area contributed by atoms with Crippen LogP contribution in [0.15, 0.2) is 48.5 Å². The van der Waals surface area contributed by atoms with Crippen LogP contribution in [0, 0.1) is 0 Å². The maximum Gasteiger partial charge on any atom is 0.246 e. The minimum absolute atomic E-state index is 0.0248. The molecule has 2 aromatic rings.